The Balaban J connectivity index is 2.30. The van der Waals surface area contributed by atoms with Crippen molar-refractivity contribution in [1.82, 2.24) is 10.3 Å². The van der Waals surface area contributed by atoms with Gasteiger partial charge in [-0.25, -0.2) is 4.39 Å². The first-order chi connectivity index (χ1) is 10.2. The highest BCUT2D eigenvalue weighted by Crippen LogP contribution is 2.25. The minimum Gasteiger partial charge on any atom is -0.309 e. The lowest BCUT2D eigenvalue weighted by Crippen LogP contribution is -2.25. The molecule has 0 amide bonds. The molecule has 1 heterocycles. The summed E-state index contributed by atoms with van der Waals surface area (Å²) in [7, 11) is 0. The second kappa shape index (κ2) is 7.66. The van der Waals surface area contributed by atoms with E-state index in [1.807, 2.05) is 18.3 Å². The summed E-state index contributed by atoms with van der Waals surface area (Å²) in [5.41, 5.74) is 3.41. The summed E-state index contributed by atoms with van der Waals surface area (Å²) in [6.45, 7) is 5.09. The molecule has 0 saturated carbocycles. The number of nitrogens with one attached hydrogen (secondary N) is 1. The van der Waals surface area contributed by atoms with E-state index in [0.717, 1.165) is 35.1 Å². The van der Waals surface area contributed by atoms with E-state index in [2.05, 4.69) is 46.1 Å². The van der Waals surface area contributed by atoms with E-state index in [9.17, 15) is 4.39 Å². The number of rotatable bonds is 6. The van der Waals surface area contributed by atoms with Crippen LogP contribution in [0.5, 0.6) is 0 Å². The summed E-state index contributed by atoms with van der Waals surface area (Å²) in [5, 5.41) is 3.49. The first-order valence-corrected chi connectivity index (χ1v) is 8.06. The molecule has 1 unspecified atom stereocenters. The van der Waals surface area contributed by atoms with Crippen LogP contribution in [0.4, 0.5) is 4.39 Å². The molecule has 112 valence electrons. The smallest absolute Gasteiger partial charge is 0.124 e. The van der Waals surface area contributed by atoms with Crippen LogP contribution < -0.4 is 5.32 Å². The summed E-state index contributed by atoms with van der Waals surface area (Å²) < 4.78 is 14.0. The Morgan fingerprint density at radius 3 is 2.71 bits per heavy atom. The highest BCUT2D eigenvalue weighted by Gasteiger charge is 2.17. The molecule has 0 spiro atoms. The maximum atomic E-state index is 13.2. The van der Waals surface area contributed by atoms with Gasteiger partial charge >= 0.3 is 0 Å². The molecule has 1 atom stereocenters. The van der Waals surface area contributed by atoms with Crippen LogP contribution in [-0.4, -0.2) is 11.5 Å². The Bertz CT molecular complexity index is 601. The van der Waals surface area contributed by atoms with Gasteiger partial charge in [0.2, 0.25) is 0 Å². The second-order valence-electron chi connectivity index (χ2n) is 4.95. The fourth-order valence-corrected chi connectivity index (χ4v) is 3.00. The van der Waals surface area contributed by atoms with Gasteiger partial charge in [0, 0.05) is 10.7 Å². The van der Waals surface area contributed by atoms with Crippen LogP contribution in [0.1, 0.15) is 36.7 Å². The van der Waals surface area contributed by atoms with Gasteiger partial charge in [0.15, 0.2) is 0 Å². The minimum atomic E-state index is -0.224. The molecule has 0 aliphatic heterocycles. The first-order valence-electron chi connectivity index (χ1n) is 7.26. The van der Waals surface area contributed by atoms with Crippen molar-refractivity contribution in [3.05, 3.63) is 63.6 Å². The topological polar surface area (TPSA) is 24.9 Å². The monoisotopic (exact) mass is 350 g/mol. The molecule has 0 aliphatic rings. The number of aromatic nitrogens is 1. The maximum absolute atomic E-state index is 13.2. The van der Waals surface area contributed by atoms with E-state index in [1.54, 1.807) is 0 Å². The van der Waals surface area contributed by atoms with Crippen LogP contribution in [0.2, 0.25) is 0 Å². The fraction of sp³-hybridized carbons (Fsp3) is 0.353. The largest absolute Gasteiger partial charge is 0.309 e. The van der Waals surface area contributed by atoms with Gasteiger partial charge in [0.1, 0.15) is 5.82 Å². The molecule has 2 rings (SSSR count). The number of aryl methyl sites for hydroxylation is 1. The SMILES string of the molecule is CCNC(Cc1ccc(F)cc1Br)c1ncccc1CC. The lowest BCUT2D eigenvalue weighted by molar-refractivity contribution is 0.530. The third-order valence-corrected chi connectivity index (χ3v) is 4.26. The van der Waals surface area contributed by atoms with Crippen molar-refractivity contribution in [3.63, 3.8) is 0 Å². The summed E-state index contributed by atoms with van der Waals surface area (Å²) in [5.74, 6) is -0.224. The molecule has 1 N–H and O–H groups in total. The zero-order chi connectivity index (χ0) is 15.2. The van der Waals surface area contributed by atoms with Crippen molar-refractivity contribution < 1.29 is 4.39 Å². The molecule has 0 bridgehead atoms. The van der Waals surface area contributed by atoms with Crippen molar-refractivity contribution in [2.45, 2.75) is 32.7 Å². The lowest BCUT2D eigenvalue weighted by Gasteiger charge is -2.20. The van der Waals surface area contributed by atoms with Crippen molar-refractivity contribution in [1.29, 1.82) is 0 Å². The minimum absolute atomic E-state index is 0.132. The Hall–Kier alpha value is -1.26. The molecule has 1 aromatic heterocycles. The van der Waals surface area contributed by atoms with Crippen molar-refractivity contribution in [2.75, 3.05) is 6.54 Å². The number of hydrogen-bond acceptors (Lipinski definition) is 2. The Morgan fingerprint density at radius 2 is 2.05 bits per heavy atom. The van der Waals surface area contributed by atoms with Gasteiger partial charge in [-0.15, -0.1) is 0 Å². The van der Waals surface area contributed by atoms with Crippen molar-refractivity contribution in [2.24, 2.45) is 0 Å². The molecule has 4 heteroatoms. The molecule has 0 saturated heterocycles. The highest BCUT2D eigenvalue weighted by atomic mass is 79.9. The predicted octanol–water partition coefficient (Wildman–Crippen LogP) is 4.44. The van der Waals surface area contributed by atoms with Gasteiger partial charge in [0.05, 0.1) is 11.7 Å². The molecule has 2 aromatic rings. The number of nitrogens with zero attached hydrogens (tertiary/aromatic N) is 1. The van der Waals surface area contributed by atoms with Crippen LogP contribution in [0.3, 0.4) is 0 Å². The van der Waals surface area contributed by atoms with Gasteiger partial charge in [-0.3, -0.25) is 4.98 Å². The van der Waals surface area contributed by atoms with Gasteiger partial charge in [-0.05, 0) is 48.7 Å². The summed E-state index contributed by atoms with van der Waals surface area (Å²) in [4.78, 5) is 4.56. The Labute approximate surface area is 133 Å². The summed E-state index contributed by atoms with van der Waals surface area (Å²) in [6.07, 6.45) is 3.56. The molecule has 2 nitrogen and oxygen atoms in total. The van der Waals surface area contributed by atoms with E-state index in [-0.39, 0.29) is 11.9 Å². The number of halogens is 2. The average Bonchev–Trinajstić information content (AvgIpc) is 2.49. The average molecular weight is 351 g/mol. The third kappa shape index (κ3) is 4.11. The van der Waals surface area contributed by atoms with Crippen LogP contribution in [0, 0.1) is 5.82 Å². The zero-order valence-electron chi connectivity index (χ0n) is 12.4. The molecular weight excluding hydrogens is 331 g/mol. The van der Waals surface area contributed by atoms with Crippen LogP contribution in [-0.2, 0) is 12.8 Å². The van der Waals surface area contributed by atoms with Crippen LogP contribution in [0.25, 0.3) is 0 Å². The van der Waals surface area contributed by atoms with Gasteiger partial charge in [-0.2, -0.15) is 0 Å². The van der Waals surface area contributed by atoms with E-state index in [1.165, 1.54) is 17.7 Å². The molecule has 0 radical (unpaired) electrons. The molecule has 0 aliphatic carbocycles. The summed E-state index contributed by atoms with van der Waals surface area (Å²) >= 11 is 3.45. The number of likely N-dealkylation sites (N-methyl/N-ethyl adjacent to an activating group) is 1. The quantitative estimate of drug-likeness (QED) is 0.832. The van der Waals surface area contributed by atoms with Gasteiger partial charge in [0.25, 0.3) is 0 Å². The molecule has 1 aromatic carbocycles. The van der Waals surface area contributed by atoms with Crippen molar-refractivity contribution >= 4 is 15.9 Å². The standard InChI is InChI=1S/C17H20BrFN2/c1-3-12-6-5-9-21-17(12)16(20-4-2)10-13-7-8-14(19)11-15(13)18/h5-9,11,16,20H,3-4,10H2,1-2H3. The van der Waals surface area contributed by atoms with Crippen molar-refractivity contribution in [3.8, 4) is 0 Å². The highest BCUT2D eigenvalue weighted by molar-refractivity contribution is 9.10. The third-order valence-electron chi connectivity index (χ3n) is 3.53. The van der Waals surface area contributed by atoms with E-state index in [4.69, 9.17) is 0 Å². The Kier molecular flexibility index (Phi) is 5.88. The van der Waals surface area contributed by atoms with E-state index < -0.39 is 0 Å². The molecular formula is C17H20BrFN2. The predicted molar refractivity (Wildman–Crippen MR) is 87.8 cm³/mol. The Morgan fingerprint density at radius 1 is 1.24 bits per heavy atom. The molecule has 0 fully saturated rings. The number of hydrogen-bond donors (Lipinski definition) is 1. The normalized spacial score (nSPS) is 12.4. The summed E-state index contributed by atoms with van der Waals surface area (Å²) in [6, 6.07) is 9.07. The number of pyridine rings is 1. The van der Waals surface area contributed by atoms with Crippen LogP contribution >= 0.6 is 15.9 Å². The van der Waals surface area contributed by atoms with Gasteiger partial charge < -0.3 is 5.32 Å². The lowest BCUT2D eigenvalue weighted by atomic mass is 9.98. The number of benzene rings is 1. The zero-order valence-corrected chi connectivity index (χ0v) is 14.0. The van der Waals surface area contributed by atoms with Crippen LogP contribution in [0.15, 0.2) is 41.0 Å². The maximum Gasteiger partial charge on any atom is 0.124 e. The molecule has 21 heavy (non-hydrogen) atoms. The van der Waals surface area contributed by atoms with E-state index >= 15 is 0 Å². The first kappa shape index (κ1) is 16.1. The van der Waals surface area contributed by atoms with Gasteiger partial charge in [-0.1, -0.05) is 41.9 Å². The van der Waals surface area contributed by atoms with E-state index in [0.29, 0.717) is 0 Å². The fourth-order valence-electron chi connectivity index (χ4n) is 2.48. The second-order valence-corrected chi connectivity index (χ2v) is 5.81.